The monoisotopic (exact) mass is 304 g/mol. The minimum Gasteiger partial charge on any atom is -0.378 e. The van der Waals surface area contributed by atoms with Crippen LogP contribution in [0.2, 0.25) is 0 Å². The Morgan fingerprint density at radius 3 is 2.23 bits per heavy atom. The maximum absolute atomic E-state index is 12.1. The zero-order valence-corrected chi connectivity index (χ0v) is 14.0. The molecular weight excluding hydrogens is 274 g/mol. The van der Waals surface area contributed by atoms with Gasteiger partial charge in [-0.15, -0.1) is 0 Å². The fourth-order valence-corrected chi connectivity index (χ4v) is 2.98. The van der Waals surface area contributed by atoms with Crippen LogP contribution in [0, 0.1) is 0 Å². The van der Waals surface area contributed by atoms with Crippen LogP contribution in [-0.4, -0.2) is 39.6 Å². The van der Waals surface area contributed by atoms with Crippen LogP contribution in [0.1, 0.15) is 37.7 Å². The molecule has 0 atom stereocenters. The predicted molar refractivity (Wildman–Crippen MR) is 91.3 cm³/mol. The van der Waals surface area contributed by atoms with E-state index in [4.69, 9.17) is 0 Å². The van der Waals surface area contributed by atoms with Gasteiger partial charge in [0.05, 0.1) is 13.1 Å². The lowest BCUT2D eigenvalue weighted by molar-refractivity contribution is -0.893. The Hall–Kier alpha value is -1.55. The summed E-state index contributed by atoms with van der Waals surface area (Å²) in [4.78, 5) is 15.6. The second kappa shape index (κ2) is 8.79. The number of anilines is 1. The first-order chi connectivity index (χ1) is 10.6. The number of carbonyl (C=O) groups is 1. The molecule has 0 radical (unpaired) electrons. The normalized spacial score (nSPS) is 16.6. The van der Waals surface area contributed by atoms with Crippen molar-refractivity contribution in [2.45, 2.75) is 38.6 Å². The van der Waals surface area contributed by atoms with E-state index < -0.39 is 0 Å². The van der Waals surface area contributed by atoms with Crippen LogP contribution in [0.3, 0.4) is 0 Å². The highest BCUT2D eigenvalue weighted by Crippen LogP contribution is 2.11. The summed E-state index contributed by atoms with van der Waals surface area (Å²) in [6, 6.07) is 8.34. The summed E-state index contributed by atoms with van der Waals surface area (Å²) < 4.78 is 0. The van der Waals surface area contributed by atoms with Crippen molar-refractivity contribution >= 4 is 11.6 Å². The molecule has 22 heavy (non-hydrogen) atoms. The summed E-state index contributed by atoms with van der Waals surface area (Å²) in [5.41, 5.74) is 2.33. The van der Waals surface area contributed by atoms with Crippen molar-refractivity contribution in [1.82, 2.24) is 5.32 Å². The number of benzene rings is 1. The Kier molecular flexibility index (Phi) is 6.72. The lowest BCUT2D eigenvalue weighted by atomic mass is 10.1. The van der Waals surface area contributed by atoms with Crippen molar-refractivity contribution in [3.8, 4) is 0 Å². The maximum Gasteiger partial charge on any atom is 0.275 e. The first kappa shape index (κ1) is 16.8. The molecule has 1 aliphatic rings. The van der Waals surface area contributed by atoms with Crippen LogP contribution in [0.15, 0.2) is 24.3 Å². The van der Waals surface area contributed by atoms with Crippen molar-refractivity contribution in [2.24, 2.45) is 0 Å². The average Bonchev–Trinajstić information content (AvgIpc) is 2.48. The molecule has 1 amide bonds. The van der Waals surface area contributed by atoms with Gasteiger partial charge in [0.1, 0.15) is 0 Å². The summed E-state index contributed by atoms with van der Waals surface area (Å²) in [5.74, 6) is 0.173. The van der Waals surface area contributed by atoms with Crippen LogP contribution in [0.5, 0.6) is 0 Å². The molecule has 1 heterocycles. The third kappa shape index (κ3) is 5.68. The summed E-state index contributed by atoms with van der Waals surface area (Å²) in [7, 11) is 4.06. The van der Waals surface area contributed by atoms with Gasteiger partial charge in [0.2, 0.25) is 0 Å². The van der Waals surface area contributed by atoms with Gasteiger partial charge in [-0.3, -0.25) is 4.79 Å². The summed E-state index contributed by atoms with van der Waals surface area (Å²) in [6.07, 6.45) is 6.53. The van der Waals surface area contributed by atoms with E-state index in [2.05, 4.69) is 34.5 Å². The molecule has 0 spiro atoms. The van der Waals surface area contributed by atoms with E-state index in [1.165, 1.54) is 42.7 Å². The molecule has 1 fully saturated rings. The number of rotatable bonds is 5. The van der Waals surface area contributed by atoms with Crippen molar-refractivity contribution < 1.29 is 9.69 Å². The molecule has 0 unspecified atom stereocenters. The second-order valence-corrected chi connectivity index (χ2v) is 6.53. The zero-order valence-electron chi connectivity index (χ0n) is 14.0. The molecule has 4 nitrogen and oxygen atoms in total. The number of nitrogens with one attached hydrogen (secondary N) is 2. The Bertz CT molecular complexity index is 448. The number of carbonyl (C=O) groups excluding carboxylic acids is 1. The lowest BCUT2D eigenvalue weighted by Gasteiger charge is -2.21. The van der Waals surface area contributed by atoms with Crippen LogP contribution in [0.25, 0.3) is 0 Å². The predicted octanol–water partition coefficient (Wildman–Crippen LogP) is 1.22. The Labute approximate surface area is 134 Å². The number of quaternary nitrogens is 1. The summed E-state index contributed by atoms with van der Waals surface area (Å²) in [6.45, 7) is 3.53. The Morgan fingerprint density at radius 1 is 1.05 bits per heavy atom. The van der Waals surface area contributed by atoms with E-state index in [0.717, 1.165) is 18.7 Å². The number of likely N-dealkylation sites (tertiary alicyclic amines) is 1. The van der Waals surface area contributed by atoms with Gasteiger partial charge in [-0.1, -0.05) is 18.6 Å². The van der Waals surface area contributed by atoms with Gasteiger partial charge in [-0.25, -0.2) is 0 Å². The molecule has 1 aromatic rings. The molecular formula is C18H30N3O+. The van der Waals surface area contributed by atoms with Gasteiger partial charge in [-0.05, 0) is 43.4 Å². The minimum absolute atomic E-state index is 0.173. The van der Waals surface area contributed by atoms with E-state index in [1.54, 1.807) is 0 Å². The summed E-state index contributed by atoms with van der Waals surface area (Å²) >= 11 is 0. The largest absolute Gasteiger partial charge is 0.378 e. The van der Waals surface area contributed by atoms with Crippen LogP contribution in [0.4, 0.5) is 5.69 Å². The number of hydrogen-bond donors (Lipinski definition) is 2. The molecule has 2 rings (SSSR count). The second-order valence-electron chi connectivity index (χ2n) is 6.53. The van der Waals surface area contributed by atoms with Crippen molar-refractivity contribution in [3.63, 3.8) is 0 Å². The molecule has 0 bridgehead atoms. The molecule has 0 saturated carbocycles. The highest BCUT2D eigenvalue weighted by Gasteiger charge is 2.15. The van der Waals surface area contributed by atoms with Crippen molar-refractivity contribution in [1.29, 1.82) is 0 Å². The topological polar surface area (TPSA) is 36.8 Å². The fourth-order valence-electron chi connectivity index (χ4n) is 2.98. The van der Waals surface area contributed by atoms with E-state index >= 15 is 0 Å². The highest BCUT2D eigenvalue weighted by atomic mass is 16.2. The van der Waals surface area contributed by atoms with Crippen LogP contribution >= 0.6 is 0 Å². The van der Waals surface area contributed by atoms with Gasteiger partial charge in [0.15, 0.2) is 6.54 Å². The quantitative estimate of drug-likeness (QED) is 0.858. The smallest absolute Gasteiger partial charge is 0.275 e. The zero-order chi connectivity index (χ0) is 15.8. The van der Waals surface area contributed by atoms with Crippen LogP contribution in [-0.2, 0) is 11.3 Å². The van der Waals surface area contributed by atoms with Gasteiger partial charge < -0.3 is 15.1 Å². The molecule has 0 aromatic heterocycles. The van der Waals surface area contributed by atoms with Gasteiger partial charge in [-0.2, -0.15) is 0 Å². The maximum atomic E-state index is 12.1. The van der Waals surface area contributed by atoms with Gasteiger partial charge in [0, 0.05) is 26.3 Å². The third-order valence-electron chi connectivity index (χ3n) is 4.41. The number of amides is 1. The van der Waals surface area contributed by atoms with E-state index in [-0.39, 0.29) is 5.91 Å². The van der Waals surface area contributed by atoms with Gasteiger partial charge >= 0.3 is 0 Å². The molecule has 0 aliphatic carbocycles. The number of nitrogens with zero attached hydrogens (tertiary/aromatic N) is 1. The van der Waals surface area contributed by atoms with Crippen molar-refractivity contribution in [2.75, 3.05) is 38.6 Å². The van der Waals surface area contributed by atoms with E-state index in [1.807, 2.05) is 14.1 Å². The Morgan fingerprint density at radius 2 is 1.64 bits per heavy atom. The first-order valence-electron chi connectivity index (χ1n) is 8.51. The lowest BCUT2D eigenvalue weighted by Crippen LogP contribution is -3.13. The van der Waals surface area contributed by atoms with E-state index in [0.29, 0.717) is 13.1 Å². The molecule has 1 aliphatic heterocycles. The first-order valence-corrected chi connectivity index (χ1v) is 8.51. The van der Waals surface area contributed by atoms with Crippen molar-refractivity contribution in [3.05, 3.63) is 29.8 Å². The minimum atomic E-state index is 0.173. The molecule has 122 valence electrons. The number of hydrogen-bond acceptors (Lipinski definition) is 2. The summed E-state index contributed by atoms with van der Waals surface area (Å²) in [5, 5.41) is 3.06. The standard InChI is InChI=1S/C18H29N3O/c1-20(2)17-10-8-16(9-11-17)14-19-18(22)15-21-12-6-4-3-5-7-13-21/h8-11H,3-7,12-15H2,1-2H3,(H,19,22)/p+1. The molecule has 1 aromatic carbocycles. The highest BCUT2D eigenvalue weighted by molar-refractivity contribution is 5.76. The van der Waals surface area contributed by atoms with Gasteiger partial charge in [0.25, 0.3) is 5.91 Å². The third-order valence-corrected chi connectivity index (χ3v) is 4.41. The van der Waals surface area contributed by atoms with E-state index in [9.17, 15) is 4.79 Å². The average molecular weight is 304 g/mol. The molecule has 4 heteroatoms. The molecule has 1 saturated heterocycles. The Balaban J connectivity index is 1.74. The fraction of sp³-hybridized carbons (Fsp3) is 0.611. The molecule has 2 N–H and O–H groups in total. The SMILES string of the molecule is CN(C)c1ccc(CNC(=O)C[NH+]2CCCCCCC2)cc1. The van der Waals surface area contributed by atoms with Crippen LogP contribution < -0.4 is 15.1 Å².